The van der Waals surface area contributed by atoms with Crippen LogP contribution in [0, 0.1) is 0 Å². The average Bonchev–Trinajstić information content (AvgIpc) is 3.23. The fourth-order valence-electron chi connectivity index (χ4n) is 3.39. The molecule has 0 unspecified atom stereocenters. The zero-order valence-electron chi connectivity index (χ0n) is 17.1. The van der Waals surface area contributed by atoms with Crippen LogP contribution in [0.2, 0.25) is 0 Å². The second kappa shape index (κ2) is 15.1. The van der Waals surface area contributed by atoms with E-state index in [4.69, 9.17) is 0 Å². The van der Waals surface area contributed by atoms with Gasteiger partial charge in [-0.1, -0.05) is 82.9 Å². The first-order valence-corrected chi connectivity index (χ1v) is 12.3. The Kier molecular flexibility index (Phi) is 13.5. The Morgan fingerprint density at radius 1 is 0.852 bits per heavy atom. The molecule has 5 heteroatoms. The van der Waals surface area contributed by atoms with Gasteiger partial charge in [-0.15, -0.1) is 0 Å². The number of rotatable bonds is 12. The third-order valence-corrected chi connectivity index (χ3v) is 5.96. The molecular formula is C22H39NO3S. The van der Waals surface area contributed by atoms with Gasteiger partial charge in [0.15, 0.2) is 0 Å². The largest absolute Gasteiger partial charge is 0.317 e. The molecule has 4 nitrogen and oxygen atoms in total. The van der Waals surface area contributed by atoms with E-state index >= 15 is 0 Å². The molecule has 1 aliphatic rings. The highest BCUT2D eigenvalue weighted by Gasteiger charge is 2.13. The molecule has 0 saturated carbocycles. The highest BCUT2D eigenvalue weighted by atomic mass is 32.2. The minimum Gasteiger partial charge on any atom is -0.317 e. The summed E-state index contributed by atoms with van der Waals surface area (Å²) in [6.45, 7) is 4.74. The van der Waals surface area contributed by atoms with Gasteiger partial charge in [0.25, 0.3) is 10.1 Å². The zero-order chi connectivity index (χ0) is 19.8. The predicted octanol–water partition coefficient (Wildman–Crippen LogP) is 5.77. The van der Waals surface area contributed by atoms with Crippen LogP contribution < -0.4 is 5.32 Å². The molecule has 0 spiro atoms. The molecule has 0 aliphatic carbocycles. The van der Waals surface area contributed by atoms with Gasteiger partial charge in [-0.25, -0.2) is 0 Å². The van der Waals surface area contributed by atoms with Crippen molar-refractivity contribution >= 4 is 10.1 Å². The van der Waals surface area contributed by atoms with Crippen LogP contribution in [0.3, 0.4) is 0 Å². The molecule has 2 rings (SSSR count). The van der Waals surface area contributed by atoms with Gasteiger partial charge < -0.3 is 5.32 Å². The van der Waals surface area contributed by atoms with Crippen LogP contribution in [0.1, 0.15) is 89.5 Å². The average molecular weight is 398 g/mol. The monoisotopic (exact) mass is 397 g/mol. The van der Waals surface area contributed by atoms with Crippen LogP contribution in [0.4, 0.5) is 0 Å². The topological polar surface area (TPSA) is 66.4 Å². The van der Waals surface area contributed by atoms with Crippen molar-refractivity contribution in [3.8, 4) is 0 Å². The lowest BCUT2D eigenvalue weighted by Gasteiger charge is -2.07. The van der Waals surface area contributed by atoms with Crippen molar-refractivity contribution in [2.24, 2.45) is 0 Å². The van der Waals surface area contributed by atoms with Gasteiger partial charge in [0.05, 0.1) is 4.90 Å². The predicted molar refractivity (Wildman–Crippen MR) is 114 cm³/mol. The molecule has 1 heterocycles. The number of nitrogens with one attached hydrogen (secondary N) is 1. The molecule has 27 heavy (non-hydrogen) atoms. The maximum atomic E-state index is 11.3. The second-order valence-electron chi connectivity index (χ2n) is 7.47. The number of hydrogen-bond acceptors (Lipinski definition) is 3. The van der Waals surface area contributed by atoms with E-state index in [-0.39, 0.29) is 4.90 Å². The van der Waals surface area contributed by atoms with Crippen molar-refractivity contribution in [2.75, 3.05) is 13.1 Å². The third kappa shape index (κ3) is 12.2. The van der Waals surface area contributed by atoms with Crippen LogP contribution in [-0.4, -0.2) is 26.1 Å². The molecule has 1 saturated heterocycles. The van der Waals surface area contributed by atoms with E-state index < -0.39 is 10.1 Å². The summed E-state index contributed by atoms with van der Waals surface area (Å²) < 4.78 is 31.8. The Bertz CT molecular complexity index is 575. The number of hydrogen-bond donors (Lipinski definition) is 2. The molecule has 0 aromatic heterocycles. The van der Waals surface area contributed by atoms with E-state index in [1.807, 2.05) is 6.07 Å². The van der Waals surface area contributed by atoms with Gasteiger partial charge in [-0.2, -0.15) is 8.42 Å². The van der Waals surface area contributed by atoms with Gasteiger partial charge in [0.2, 0.25) is 0 Å². The van der Waals surface area contributed by atoms with E-state index in [1.165, 1.54) is 83.4 Å². The van der Waals surface area contributed by atoms with Gasteiger partial charge >= 0.3 is 0 Å². The summed E-state index contributed by atoms with van der Waals surface area (Å²) in [6.07, 6.45) is 16.1. The highest BCUT2D eigenvalue weighted by molar-refractivity contribution is 7.85. The molecule has 0 amide bonds. The molecule has 0 atom stereocenters. The van der Waals surface area contributed by atoms with E-state index in [2.05, 4.69) is 12.2 Å². The molecule has 1 fully saturated rings. The maximum Gasteiger partial charge on any atom is 0.294 e. The van der Waals surface area contributed by atoms with Gasteiger partial charge in [0, 0.05) is 0 Å². The molecule has 156 valence electrons. The molecule has 0 bridgehead atoms. The van der Waals surface area contributed by atoms with E-state index in [1.54, 1.807) is 12.1 Å². The second-order valence-corrected chi connectivity index (χ2v) is 8.86. The SMILES string of the molecule is C1CCNC1.CCCCCCCCCCCCc1ccccc1S(=O)(=O)O. The summed E-state index contributed by atoms with van der Waals surface area (Å²) in [5.74, 6) is 0. The fourth-order valence-corrected chi connectivity index (χ4v) is 4.14. The minimum absolute atomic E-state index is 0.0610. The van der Waals surface area contributed by atoms with Crippen molar-refractivity contribution in [3.63, 3.8) is 0 Å². The smallest absolute Gasteiger partial charge is 0.294 e. The third-order valence-electron chi connectivity index (χ3n) is 5.01. The molecular weight excluding hydrogens is 358 g/mol. The standard InChI is InChI=1S/C18H30O3S.C4H9N/c1-2-3-4-5-6-7-8-9-10-11-14-17-15-12-13-16-18(17)22(19,20)21;1-2-4-5-3-1/h12-13,15-16H,2-11,14H2,1H3,(H,19,20,21);5H,1-4H2. The summed E-state index contributed by atoms with van der Waals surface area (Å²) in [6, 6.07) is 6.73. The van der Waals surface area contributed by atoms with Gasteiger partial charge in [-0.05, 0) is 50.4 Å². The maximum absolute atomic E-state index is 11.3. The van der Waals surface area contributed by atoms with Crippen LogP contribution in [0.15, 0.2) is 29.2 Å². The van der Waals surface area contributed by atoms with Crippen molar-refractivity contribution in [1.82, 2.24) is 5.32 Å². The van der Waals surface area contributed by atoms with E-state index in [9.17, 15) is 13.0 Å². The van der Waals surface area contributed by atoms with Crippen molar-refractivity contribution in [1.29, 1.82) is 0 Å². The Hall–Kier alpha value is -0.910. The first-order valence-electron chi connectivity index (χ1n) is 10.8. The number of benzene rings is 1. The van der Waals surface area contributed by atoms with Gasteiger partial charge in [-0.3, -0.25) is 4.55 Å². The number of unbranched alkanes of at least 4 members (excludes halogenated alkanes) is 9. The van der Waals surface area contributed by atoms with Crippen molar-refractivity contribution in [2.45, 2.75) is 95.3 Å². The lowest BCUT2D eigenvalue weighted by atomic mass is 10.0. The fraction of sp³-hybridized carbons (Fsp3) is 0.727. The minimum atomic E-state index is -4.10. The summed E-state index contributed by atoms with van der Waals surface area (Å²) in [7, 11) is -4.10. The normalized spacial score (nSPS) is 14.0. The van der Waals surface area contributed by atoms with Crippen molar-refractivity contribution in [3.05, 3.63) is 29.8 Å². The molecule has 1 aliphatic heterocycles. The summed E-state index contributed by atoms with van der Waals surface area (Å²) in [5.41, 5.74) is 0.726. The van der Waals surface area contributed by atoms with Crippen LogP contribution in [0.25, 0.3) is 0 Å². The molecule has 0 radical (unpaired) electrons. The molecule has 2 N–H and O–H groups in total. The summed E-state index contributed by atoms with van der Waals surface area (Å²) in [5, 5.41) is 3.22. The van der Waals surface area contributed by atoms with Crippen LogP contribution in [0.5, 0.6) is 0 Å². The molecule has 1 aromatic rings. The number of aryl methyl sites for hydroxylation is 1. The highest BCUT2D eigenvalue weighted by Crippen LogP contribution is 2.18. The van der Waals surface area contributed by atoms with Crippen LogP contribution in [-0.2, 0) is 16.5 Å². The first-order chi connectivity index (χ1) is 13.1. The van der Waals surface area contributed by atoms with E-state index in [0.717, 1.165) is 18.4 Å². The lowest BCUT2D eigenvalue weighted by Crippen LogP contribution is -2.03. The van der Waals surface area contributed by atoms with Gasteiger partial charge in [0.1, 0.15) is 0 Å². The van der Waals surface area contributed by atoms with Crippen molar-refractivity contribution < 1.29 is 13.0 Å². The Balaban J connectivity index is 0.000000625. The lowest BCUT2D eigenvalue weighted by molar-refractivity contribution is 0.481. The summed E-state index contributed by atoms with van der Waals surface area (Å²) >= 11 is 0. The zero-order valence-corrected chi connectivity index (χ0v) is 17.9. The van der Waals surface area contributed by atoms with E-state index in [0.29, 0.717) is 6.42 Å². The Morgan fingerprint density at radius 3 is 1.85 bits per heavy atom. The van der Waals surface area contributed by atoms with Crippen LogP contribution >= 0.6 is 0 Å². The Labute approximate surface area is 166 Å². The summed E-state index contributed by atoms with van der Waals surface area (Å²) in [4.78, 5) is 0.0610. The molecule has 1 aromatic carbocycles. The first kappa shape index (κ1) is 24.1. The Morgan fingerprint density at radius 2 is 1.37 bits per heavy atom. The quantitative estimate of drug-likeness (QED) is 0.347.